The van der Waals surface area contributed by atoms with Crippen LogP contribution in [0.1, 0.15) is 33.6 Å². The molecule has 4 nitrogen and oxygen atoms in total. The average Bonchev–Trinajstić information content (AvgIpc) is 2.82. The summed E-state index contributed by atoms with van der Waals surface area (Å²) in [4.78, 5) is 12.7. The Morgan fingerprint density at radius 3 is 2.44 bits per heavy atom. The van der Waals surface area contributed by atoms with Crippen LogP contribution in [-0.4, -0.2) is 37.0 Å². The van der Waals surface area contributed by atoms with Crippen molar-refractivity contribution in [1.29, 1.82) is 0 Å². The Hall–Kier alpha value is -0.710. The summed E-state index contributed by atoms with van der Waals surface area (Å²) in [6.45, 7) is 10.7. The highest BCUT2D eigenvalue weighted by atomic mass is 16.7. The molecule has 1 aliphatic carbocycles. The summed E-state index contributed by atoms with van der Waals surface area (Å²) in [7, 11) is 0. The summed E-state index contributed by atoms with van der Waals surface area (Å²) < 4.78 is 17.2. The maximum atomic E-state index is 12.7. The van der Waals surface area contributed by atoms with Gasteiger partial charge in [0.15, 0.2) is 11.6 Å². The van der Waals surface area contributed by atoms with E-state index in [4.69, 9.17) is 14.2 Å². The van der Waals surface area contributed by atoms with Gasteiger partial charge in [-0.25, -0.2) is 0 Å². The van der Waals surface area contributed by atoms with E-state index in [0.29, 0.717) is 32.7 Å². The second-order valence-corrected chi connectivity index (χ2v) is 5.73. The van der Waals surface area contributed by atoms with Crippen LogP contribution in [0.2, 0.25) is 0 Å². The molecule has 2 aliphatic rings. The number of ketones is 1. The summed E-state index contributed by atoms with van der Waals surface area (Å²) in [5, 5.41) is 0. The number of rotatable bonds is 3. The number of carbonyl (C=O) groups is 1. The third-order valence-electron chi connectivity index (χ3n) is 4.20. The van der Waals surface area contributed by atoms with E-state index in [1.54, 1.807) is 6.08 Å². The van der Waals surface area contributed by atoms with Crippen LogP contribution in [0.4, 0.5) is 0 Å². The fourth-order valence-electron chi connectivity index (χ4n) is 3.00. The topological polar surface area (TPSA) is 44.8 Å². The number of Topliss-reactive ketones (excluding diaryl/α,β-unsaturated/α-hetero) is 1. The monoisotopic (exact) mass is 254 g/mol. The van der Waals surface area contributed by atoms with Gasteiger partial charge in [-0.15, -0.1) is 6.58 Å². The van der Waals surface area contributed by atoms with E-state index >= 15 is 0 Å². The summed E-state index contributed by atoms with van der Waals surface area (Å²) in [5.74, 6) is -0.716. The fraction of sp³-hybridized carbons (Fsp3) is 0.786. The van der Waals surface area contributed by atoms with Crippen molar-refractivity contribution in [1.82, 2.24) is 0 Å². The number of ether oxygens (including phenoxy) is 3. The highest BCUT2D eigenvalue weighted by Gasteiger charge is 2.62. The van der Waals surface area contributed by atoms with E-state index in [1.165, 1.54) is 0 Å². The molecule has 102 valence electrons. The number of hydrogen-bond acceptors (Lipinski definition) is 4. The minimum Gasteiger partial charge on any atom is -0.363 e. The Morgan fingerprint density at radius 2 is 1.89 bits per heavy atom. The molecular formula is C14H22O4. The zero-order valence-electron chi connectivity index (χ0n) is 11.5. The smallest absolute Gasteiger partial charge is 0.180 e. The van der Waals surface area contributed by atoms with Gasteiger partial charge >= 0.3 is 0 Å². The van der Waals surface area contributed by atoms with Crippen LogP contribution in [0.3, 0.4) is 0 Å². The Balaban J connectivity index is 2.24. The van der Waals surface area contributed by atoms with Crippen molar-refractivity contribution in [3.05, 3.63) is 12.7 Å². The molecule has 0 aromatic rings. The van der Waals surface area contributed by atoms with E-state index in [-0.39, 0.29) is 5.78 Å². The molecule has 1 spiro atoms. The van der Waals surface area contributed by atoms with E-state index in [2.05, 4.69) is 6.58 Å². The van der Waals surface area contributed by atoms with Crippen molar-refractivity contribution in [2.45, 2.75) is 45.0 Å². The number of hydrogen-bond donors (Lipinski definition) is 0. The maximum Gasteiger partial charge on any atom is 0.180 e. The lowest BCUT2D eigenvalue weighted by molar-refractivity contribution is -0.254. The molecule has 4 heteroatoms. The van der Waals surface area contributed by atoms with Crippen molar-refractivity contribution in [3.8, 4) is 0 Å². The molecular weight excluding hydrogens is 232 g/mol. The van der Waals surface area contributed by atoms with Crippen LogP contribution in [0.15, 0.2) is 12.7 Å². The molecule has 0 radical (unpaired) electrons. The Morgan fingerprint density at radius 1 is 1.28 bits per heavy atom. The predicted molar refractivity (Wildman–Crippen MR) is 67.2 cm³/mol. The fourth-order valence-corrected chi connectivity index (χ4v) is 3.00. The normalized spacial score (nSPS) is 33.8. The molecule has 1 saturated carbocycles. The molecule has 2 rings (SSSR count). The highest BCUT2D eigenvalue weighted by Crippen LogP contribution is 2.50. The van der Waals surface area contributed by atoms with Crippen molar-refractivity contribution in [3.63, 3.8) is 0 Å². The highest BCUT2D eigenvalue weighted by molar-refractivity contribution is 5.93. The van der Waals surface area contributed by atoms with Gasteiger partial charge < -0.3 is 14.2 Å². The van der Waals surface area contributed by atoms with Gasteiger partial charge in [0, 0.05) is 6.42 Å². The quantitative estimate of drug-likeness (QED) is 0.723. The maximum absolute atomic E-state index is 12.7. The minimum atomic E-state index is -0.766. The first-order valence-corrected chi connectivity index (χ1v) is 6.46. The van der Waals surface area contributed by atoms with Crippen LogP contribution in [0.5, 0.6) is 0 Å². The van der Waals surface area contributed by atoms with Gasteiger partial charge in [-0.3, -0.25) is 4.79 Å². The van der Waals surface area contributed by atoms with E-state index < -0.39 is 16.8 Å². The Kier molecular flexibility index (Phi) is 3.38. The lowest BCUT2D eigenvalue weighted by Crippen LogP contribution is -2.62. The lowest BCUT2D eigenvalue weighted by Gasteiger charge is -2.50. The summed E-state index contributed by atoms with van der Waals surface area (Å²) in [6, 6.07) is 0. The van der Waals surface area contributed by atoms with Crippen LogP contribution >= 0.6 is 0 Å². The molecule has 0 amide bonds. The Bertz CT molecular complexity index is 355. The SMILES string of the molecule is C=CCOC1(C)CCC2(OCCO2)C(C)(C)C1=O. The second-order valence-electron chi connectivity index (χ2n) is 5.73. The van der Waals surface area contributed by atoms with Crippen molar-refractivity contribution < 1.29 is 19.0 Å². The average molecular weight is 254 g/mol. The predicted octanol–water partition coefficient (Wildman–Crippen LogP) is 2.08. The molecule has 1 saturated heterocycles. The van der Waals surface area contributed by atoms with Gasteiger partial charge in [-0.2, -0.15) is 0 Å². The van der Waals surface area contributed by atoms with E-state index in [0.717, 1.165) is 0 Å². The number of carbonyl (C=O) groups excluding carboxylic acids is 1. The summed E-state index contributed by atoms with van der Waals surface area (Å²) in [5.41, 5.74) is -1.46. The van der Waals surface area contributed by atoms with Gasteiger partial charge in [-0.1, -0.05) is 6.08 Å². The minimum absolute atomic E-state index is 0.0463. The molecule has 0 bridgehead atoms. The van der Waals surface area contributed by atoms with Gasteiger partial charge in [0.25, 0.3) is 0 Å². The molecule has 1 atom stereocenters. The van der Waals surface area contributed by atoms with E-state index in [9.17, 15) is 4.79 Å². The first-order valence-electron chi connectivity index (χ1n) is 6.46. The van der Waals surface area contributed by atoms with Gasteiger partial charge in [0.05, 0.1) is 25.2 Å². The lowest BCUT2D eigenvalue weighted by atomic mass is 9.65. The molecule has 0 aromatic carbocycles. The molecule has 1 unspecified atom stereocenters. The van der Waals surface area contributed by atoms with Crippen LogP contribution < -0.4 is 0 Å². The molecule has 0 aromatic heterocycles. The van der Waals surface area contributed by atoms with Crippen molar-refractivity contribution >= 4 is 5.78 Å². The molecule has 18 heavy (non-hydrogen) atoms. The van der Waals surface area contributed by atoms with Crippen molar-refractivity contribution in [2.24, 2.45) is 5.41 Å². The molecule has 1 heterocycles. The molecule has 1 aliphatic heterocycles. The van der Waals surface area contributed by atoms with Crippen LogP contribution in [0, 0.1) is 5.41 Å². The van der Waals surface area contributed by atoms with Crippen LogP contribution in [0.25, 0.3) is 0 Å². The van der Waals surface area contributed by atoms with Crippen LogP contribution in [-0.2, 0) is 19.0 Å². The zero-order valence-corrected chi connectivity index (χ0v) is 11.5. The molecule has 2 fully saturated rings. The molecule has 0 N–H and O–H groups in total. The standard InChI is InChI=1S/C14H22O4/c1-5-8-16-13(4)6-7-14(17-9-10-18-14)12(2,3)11(13)15/h5H,1,6-10H2,2-4H3. The third kappa shape index (κ3) is 1.83. The largest absolute Gasteiger partial charge is 0.363 e. The van der Waals surface area contributed by atoms with Gasteiger partial charge in [0.2, 0.25) is 0 Å². The third-order valence-corrected chi connectivity index (χ3v) is 4.20. The first kappa shape index (κ1) is 13.7. The van der Waals surface area contributed by atoms with Crippen molar-refractivity contribution in [2.75, 3.05) is 19.8 Å². The van der Waals surface area contributed by atoms with Gasteiger partial charge in [-0.05, 0) is 27.2 Å². The first-order chi connectivity index (χ1) is 8.38. The summed E-state index contributed by atoms with van der Waals surface area (Å²) in [6.07, 6.45) is 2.96. The van der Waals surface area contributed by atoms with Gasteiger partial charge in [0.1, 0.15) is 5.60 Å². The second kappa shape index (κ2) is 4.44. The summed E-state index contributed by atoms with van der Waals surface area (Å²) >= 11 is 0. The Labute approximate surface area is 108 Å². The zero-order chi connectivity index (χ0) is 13.4. The van der Waals surface area contributed by atoms with E-state index in [1.807, 2.05) is 20.8 Å².